The van der Waals surface area contributed by atoms with Gasteiger partial charge in [-0.1, -0.05) is 32.1 Å². The van der Waals surface area contributed by atoms with E-state index in [9.17, 15) is 4.79 Å². The summed E-state index contributed by atoms with van der Waals surface area (Å²) in [5, 5.41) is 10.00. The van der Waals surface area contributed by atoms with Gasteiger partial charge in [0.25, 0.3) is 0 Å². The third-order valence-corrected chi connectivity index (χ3v) is 4.64. The summed E-state index contributed by atoms with van der Waals surface area (Å²) in [6.07, 6.45) is 0.577. The molecule has 1 aliphatic rings. The Balaban J connectivity index is 2.19. The van der Waals surface area contributed by atoms with Crippen molar-refractivity contribution in [3.8, 4) is 0 Å². The first-order chi connectivity index (χ1) is 7.91. The van der Waals surface area contributed by atoms with Gasteiger partial charge in [-0.2, -0.15) is 12.6 Å². The van der Waals surface area contributed by atoms with Crippen molar-refractivity contribution in [2.75, 3.05) is 17.2 Å². The summed E-state index contributed by atoms with van der Waals surface area (Å²) in [6.45, 7) is 7.01. The van der Waals surface area contributed by atoms with Gasteiger partial charge in [0.1, 0.15) is 5.01 Å². The predicted molar refractivity (Wildman–Crippen MR) is 72.9 cm³/mol. The van der Waals surface area contributed by atoms with Crippen molar-refractivity contribution < 1.29 is 4.79 Å². The number of carbonyl (C=O) groups is 1. The van der Waals surface area contributed by atoms with Gasteiger partial charge in [-0.05, 0) is 11.7 Å². The van der Waals surface area contributed by atoms with Gasteiger partial charge in [-0.3, -0.25) is 9.69 Å². The first-order valence-electron chi connectivity index (χ1n) is 5.67. The summed E-state index contributed by atoms with van der Waals surface area (Å²) in [6, 6.07) is 0. The average molecular weight is 271 g/mol. The van der Waals surface area contributed by atoms with E-state index in [1.807, 2.05) is 0 Å². The molecular weight excluding hydrogens is 254 g/mol. The molecule has 0 spiro atoms. The highest BCUT2D eigenvalue weighted by Gasteiger charge is 2.32. The van der Waals surface area contributed by atoms with E-state index in [-0.39, 0.29) is 11.3 Å². The number of thiol groups is 1. The van der Waals surface area contributed by atoms with Crippen LogP contribution < -0.4 is 4.90 Å². The summed E-state index contributed by atoms with van der Waals surface area (Å²) in [4.78, 5) is 13.6. The number of amides is 1. The van der Waals surface area contributed by atoms with Crippen LogP contribution in [0.2, 0.25) is 0 Å². The van der Waals surface area contributed by atoms with Crippen molar-refractivity contribution in [1.82, 2.24) is 10.2 Å². The van der Waals surface area contributed by atoms with Crippen molar-refractivity contribution >= 4 is 35.0 Å². The second-order valence-electron chi connectivity index (χ2n) is 5.40. The molecule has 0 bridgehead atoms. The smallest absolute Gasteiger partial charge is 0.229 e. The molecule has 1 fully saturated rings. The SMILES string of the molecule is CC(C)(C)c1nnc(N2CC(CS)CC2=O)s1. The van der Waals surface area contributed by atoms with E-state index in [4.69, 9.17) is 0 Å². The van der Waals surface area contributed by atoms with Gasteiger partial charge >= 0.3 is 0 Å². The highest BCUT2D eigenvalue weighted by atomic mass is 32.1. The molecule has 1 aromatic rings. The highest BCUT2D eigenvalue weighted by Crippen LogP contribution is 2.32. The van der Waals surface area contributed by atoms with E-state index in [0.29, 0.717) is 12.3 Å². The molecule has 1 amide bonds. The summed E-state index contributed by atoms with van der Waals surface area (Å²) < 4.78 is 0. The topological polar surface area (TPSA) is 46.1 Å². The fraction of sp³-hybridized carbons (Fsp3) is 0.727. The van der Waals surface area contributed by atoms with Crippen LogP contribution >= 0.6 is 24.0 Å². The number of rotatable bonds is 2. The lowest BCUT2D eigenvalue weighted by molar-refractivity contribution is -0.117. The lowest BCUT2D eigenvalue weighted by atomic mass is 9.98. The Morgan fingerprint density at radius 1 is 1.47 bits per heavy atom. The summed E-state index contributed by atoms with van der Waals surface area (Å²) >= 11 is 5.76. The minimum Gasteiger partial charge on any atom is -0.286 e. The Morgan fingerprint density at radius 2 is 2.18 bits per heavy atom. The monoisotopic (exact) mass is 271 g/mol. The first kappa shape index (κ1) is 12.8. The molecule has 1 saturated heterocycles. The fourth-order valence-electron chi connectivity index (χ4n) is 1.72. The largest absolute Gasteiger partial charge is 0.286 e. The van der Waals surface area contributed by atoms with Crippen LogP contribution in [0, 0.1) is 5.92 Å². The molecule has 1 atom stereocenters. The van der Waals surface area contributed by atoms with E-state index in [2.05, 4.69) is 43.6 Å². The Hall–Kier alpha value is -0.620. The summed E-state index contributed by atoms with van der Waals surface area (Å²) in [5.41, 5.74) is -0.0123. The molecule has 0 aliphatic carbocycles. The average Bonchev–Trinajstić information content (AvgIpc) is 2.82. The molecule has 1 aliphatic heterocycles. The molecule has 0 aromatic carbocycles. The number of aromatic nitrogens is 2. The molecule has 6 heteroatoms. The molecule has 1 unspecified atom stereocenters. The lowest BCUT2D eigenvalue weighted by Gasteiger charge is -2.13. The maximum atomic E-state index is 11.8. The van der Waals surface area contributed by atoms with Gasteiger partial charge in [0.15, 0.2) is 0 Å². The predicted octanol–water partition coefficient (Wildman–Crippen LogP) is 2.12. The van der Waals surface area contributed by atoms with Gasteiger partial charge in [0.2, 0.25) is 11.0 Å². The lowest BCUT2D eigenvalue weighted by Crippen LogP contribution is -2.24. The Bertz CT molecular complexity index is 425. The molecular formula is C11H17N3OS2. The summed E-state index contributed by atoms with van der Waals surface area (Å²) in [7, 11) is 0. The number of hydrogen-bond donors (Lipinski definition) is 1. The van der Waals surface area contributed by atoms with E-state index < -0.39 is 0 Å². The minimum absolute atomic E-state index is 0.0123. The maximum absolute atomic E-state index is 11.8. The second kappa shape index (κ2) is 4.57. The molecule has 0 radical (unpaired) electrons. The van der Waals surface area contributed by atoms with Crippen LogP contribution in [0.3, 0.4) is 0 Å². The zero-order chi connectivity index (χ0) is 12.6. The first-order valence-corrected chi connectivity index (χ1v) is 7.12. The number of nitrogens with zero attached hydrogens (tertiary/aromatic N) is 3. The van der Waals surface area contributed by atoms with Crippen LogP contribution in [0.25, 0.3) is 0 Å². The summed E-state index contributed by atoms with van der Waals surface area (Å²) in [5.74, 6) is 1.22. The van der Waals surface area contributed by atoms with Crippen LogP contribution in [0.5, 0.6) is 0 Å². The van der Waals surface area contributed by atoms with Gasteiger partial charge in [0, 0.05) is 18.4 Å². The Morgan fingerprint density at radius 3 is 2.65 bits per heavy atom. The molecule has 94 valence electrons. The standard InChI is InChI=1S/C11H17N3OS2/c1-11(2,3)9-12-13-10(17-9)14-5-7(6-16)4-8(14)15/h7,16H,4-6H2,1-3H3. The van der Waals surface area contributed by atoms with E-state index in [1.54, 1.807) is 4.90 Å². The van der Waals surface area contributed by atoms with Gasteiger partial charge in [-0.15, -0.1) is 10.2 Å². The Labute approximate surface area is 111 Å². The quantitative estimate of drug-likeness (QED) is 0.838. The molecule has 17 heavy (non-hydrogen) atoms. The van der Waals surface area contributed by atoms with Crippen molar-refractivity contribution in [2.24, 2.45) is 5.92 Å². The van der Waals surface area contributed by atoms with Gasteiger partial charge in [0.05, 0.1) is 0 Å². The van der Waals surface area contributed by atoms with Crippen LogP contribution in [0.15, 0.2) is 0 Å². The van der Waals surface area contributed by atoms with Crippen molar-refractivity contribution in [3.63, 3.8) is 0 Å². The van der Waals surface area contributed by atoms with E-state index >= 15 is 0 Å². The van der Waals surface area contributed by atoms with Crippen LogP contribution in [-0.4, -0.2) is 28.4 Å². The maximum Gasteiger partial charge on any atom is 0.229 e. The molecule has 0 N–H and O–H groups in total. The zero-order valence-corrected chi connectivity index (χ0v) is 12.0. The second-order valence-corrected chi connectivity index (χ2v) is 6.72. The van der Waals surface area contributed by atoms with Crippen molar-refractivity contribution in [3.05, 3.63) is 5.01 Å². The minimum atomic E-state index is -0.0123. The van der Waals surface area contributed by atoms with E-state index in [0.717, 1.165) is 22.4 Å². The third-order valence-electron chi connectivity index (χ3n) is 2.75. The molecule has 1 aromatic heterocycles. The normalized spacial score (nSPS) is 21.3. The molecule has 2 heterocycles. The van der Waals surface area contributed by atoms with Gasteiger partial charge < -0.3 is 0 Å². The van der Waals surface area contributed by atoms with Gasteiger partial charge in [-0.25, -0.2) is 0 Å². The molecule has 0 saturated carbocycles. The Kier molecular flexibility index (Phi) is 3.45. The van der Waals surface area contributed by atoms with E-state index in [1.165, 1.54) is 11.3 Å². The third kappa shape index (κ3) is 2.63. The number of hydrogen-bond acceptors (Lipinski definition) is 5. The fourth-order valence-corrected chi connectivity index (χ4v) is 2.89. The van der Waals surface area contributed by atoms with Crippen LogP contribution in [0.1, 0.15) is 32.2 Å². The zero-order valence-electron chi connectivity index (χ0n) is 10.3. The van der Waals surface area contributed by atoms with Crippen LogP contribution in [0.4, 0.5) is 5.13 Å². The highest BCUT2D eigenvalue weighted by molar-refractivity contribution is 7.80. The van der Waals surface area contributed by atoms with Crippen molar-refractivity contribution in [2.45, 2.75) is 32.6 Å². The van der Waals surface area contributed by atoms with Crippen molar-refractivity contribution in [1.29, 1.82) is 0 Å². The van der Waals surface area contributed by atoms with Crippen LogP contribution in [-0.2, 0) is 10.2 Å². The molecule has 4 nitrogen and oxygen atoms in total. The number of anilines is 1. The number of carbonyl (C=O) groups excluding carboxylic acids is 1. The molecule has 2 rings (SSSR count).